The molecular weight excluding hydrogens is 332 g/mol. The Morgan fingerprint density at radius 3 is 2.84 bits per heavy atom. The van der Waals surface area contributed by atoms with Crippen molar-refractivity contribution in [2.24, 2.45) is 0 Å². The number of rotatable bonds is 4. The molecule has 0 saturated carbocycles. The Hall–Kier alpha value is -1.59. The zero-order chi connectivity index (χ0) is 13.0. The van der Waals surface area contributed by atoms with Crippen molar-refractivity contribution < 1.29 is 9.90 Å². The molecular formula is C13H12BrClN2O2. The molecule has 0 radical (unpaired) electrons. The normalized spacial score (nSPS) is 10.4. The number of halogens is 2. The van der Waals surface area contributed by atoms with E-state index in [-0.39, 0.29) is 12.4 Å². The molecule has 0 saturated heterocycles. The number of hydrogen-bond acceptors (Lipinski definition) is 2. The van der Waals surface area contributed by atoms with Crippen LogP contribution in [0.25, 0.3) is 6.08 Å². The van der Waals surface area contributed by atoms with Gasteiger partial charge in [-0.05, 0) is 23.3 Å². The van der Waals surface area contributed by atoms with Gasteiger partial charge in [0, 0.05) is 29.5 Å². The van der Waals surface area contributed by atoms with Crippen LogP contribution in [0.2, 0.25) is 0 Å². The summed E-state index contributed by atoms with van der Waals surface area (Å²) in [4.78, 5) is 14.4. The van der Waals surface area contributed by atoms with Crippen molar-refractivity contribution in [2.45, 2.75) is 6.54 Å². The van der Waals surface area contributed by atoms with E-state index in [1.54, 1.807) is 18.6 Å². The molecule has 1 aromatic heterocycles. The van der Waals surface area contributed by atoms with Crippen molar-refractivity contribution >= 4 is 40.4 Å². The minimum Gasteiger partial charge on any atom is -0.478 e. The molecule has 4 nitrogen and oxygen atoms in total. The van der Waals surface area contributed by atoms with Crippen LogP contribution in [0.3, 0.4) is 0 Å². The quantitative estimate of drug-likeness (QED) is 0.867. The van der Waals surface area contributed by atoms with Crippen LogP contribution < -0.4 is 0 Å². The SMILES string of the molecule is Cl.O=C(O)C=Cc1ccc(Cn2ccnc2)c(Br)c1. The highest BCUT2D eigenvalue weighted by Crippen LogP contribution is 2.20. The van der Waals surface area contributed by atoms with E-state index < -0.39 is 5.97 Å². The molecule has 0 aliphatic heterocycles. The Morgan fingerprint density at radius 1 is 1.47 bits per heavy atom. The van der Waals surface area contributed by atoms with Crippen molar-refractivity contribution in [1.82, 2.24) is 9.55 Å². The van der Waals surface area contributed by atoms with Gasteiger partial charge in [-0.15, -0.1) is 12.4 Å². The van der Waals surface area contributed by atoms with Crippen LogP contribution in [-0.4, -0.2) is 20.6 Å². The topological polar surface area (TPSA) is 55.1 Å². The summed E-state index contributed by atoms with van der Waals surface area (Å²) in [6.45, 7) is 0.726. The highest BCUT2D eigenvalue weighted by molar-refractivity contribution is 9.10. The van der Waals surface area contributed by atoms with Gasteiger partial charge >= 0.3 is 5.97 Å². The van der Waals surface area contributed by atoms with Crippen LogP contribution in [0.15, 0.2) is 47.5 Å². The largest absolute Gasteiger partial charge is 0.478 e. The molecule has 0 bridgehead atoms. The molecule has 0 amide bonds. The van der Waals surface area contributed by atoms with E-state index in [9.17, 15) is 4.79 Å². The fourth-order valence-electron chi connectivity index (χ4n) is 1.54. The average molecular weight is 344 g/mol. The van der Waals surface area contributed by atoms with Gasteiger partial charge < -0.3 is 9.67 Å². The lowest BCUT2D eigenvalue weighted by Gasteiger charge is -2.06. The zero-order valence-corrected chi connectivity index (χ0v) is 12.3. The Labute approximate surface area is 125 Å². The van der Waals surface area contributed by atoms with Crippen LogP contribution in [0.4, 0.5) is 0 Å². The maximum Gasteiger partial charge on any atom is 0.328 e. The van der Waals surface area contributed by atoms with Crippen LogP contribution in [-0.2, 0) is 11.3 Å². The third-order valence-electron chi connectivity index (χ3n) is 2.41. The molecule has 1 aromatic carbocycles. The summed E-state index contributed by atoms with van der Waals surface area (Å²) in [6, 6.07) is 5.74. The van der Waals surface area contributed by atoms with Crippen LogP contribution in [0.1, 0.15) is 11.1 Å². The number of benzene rings is 1. The molecule has 2 rings (SSSR count). The first kappa shape index (κ1) is 15.5. The number of nitrogens with zero attached hydrogens (tertiary/aromatic N) is 2. The number of aromatic nitrogens is 2. The lowest BCUT2D eigenvalue weighted by Crippen LogP contribution is -1.97. The second-order valence-electron chi connectivity index (χ2n) is 3.76. The lowest BCUT2D eigenvalue weighted by atomic mass is 10.1. The second kappa shape index (κ2) is 7.11. The molecule has 0 spiro atoms. The lowest BCUT2D eigenvalue weighted by molar-refractivity contribution is -0.131. The summed E-state index contributed by atoms with van der Waals surface area (Å²) in [5, 5.41) is 8.56. The van der Waals surface area contributed by atoms with Crippen molar-refractivity contribution in [3.05, 3.63) is 58.6 Å². The van der Waals surface area contributed by atoms with Gasteiger partial charge in [0.1, 0.15) is 0 Å². The van der Waals surface area contributed by atoms with Gasteiger partial charge in [0.25, 0.3) is 0 Å². The number of aliphatic carboxylic acids is 1. The number of carboxylic acids is 1. The van der Waals surface area contributed by atoms with E-state index in [4.69, 9.17) is 5.11 Å². The van der Waals surface area contributed by atoms with Crippen molar-refractivity contribution in [2.75, 3.05) is 0 Å². The molecule has 0 atom stereocenters. The third kappa shape index (κ3) is 4.54. The standard InChI is InChI=1S/C13H11BrN2O2.ClH/c14-12-7-10(2-4-13(17)18)1-3-11(12)8-16-6-5-15-9-16;/h1-7,9H,8H2,(H,17,18);1H. The van der Waals surface area contributed by atoms with Gasteiger partial charge in [0.05, 0.1) is 6.33 Å². The maximum atomic E-state index is 10.4. The van der Waals surface area contributed by atoms with Crippen LogP contribution in [0, 0.1) is 0 Å². The fraction of sp³-hybridized carbons (Fsp3) is 0.0769. The van der Waals surface area contributed by atoms with Gasteiger partial charge in [0.2, 0.25) is 0 Å². The predicted octanol–water partition coefficient (Wildman–Crippen LogP) is 3.21. The van der Waals surface area contributed by atoms with Gasteiger partial charge in [-0.2, -0.15) is 0 Å². The monoisotopic (exact) mass is 342 g/mol. The summed E-state index contributed by atoms with van der Waals surface area (Å²) in [6.07, 6.45) is 8.07. The minimum atomic E-state index is -0.950. The smallest absolute Gasteiger partial charge is 0.328 e. The van der Waals surface area contributed by atoms with E-state index in [1.807, 2.05) is 29.0 Å². The predicted molar refractivity (Wildman–Crippen MR) is 79.4 cm³/mol. The molecule has 1 N–H and O–H groups in total. The summed E-state index contributed by atoms with van der Waals surface area (Å²) in [7, 11) is 0. The average Bonchev–Trinajstić information content (AvgIpc) is 2.82. The second-order valence-corrected chi connectivity index (χ2v) is 4.61. The molecule has 100 valence electrons. The van der Waals surface area contributed by atoms with E-state index in [0.29, 0.717) is 0 Å². The van der Waals surface area contributed by atoms with Crippen molar-refractivity contribution in [1.29, 1.82) is 0 Å². The number of hydrogen-bond donors (Lipinski definition) is 1. The van der Waals surface area contributed by atoms with Crippen LogP contribution in [0.5, 0.6) is 0 Å². The summed E-state index contributed by atoms with van der Waals surface area (Å²) < 4.78 is 2.91. The Bertz CT molecular complexity index is 582. The first-order chi connectivity index (χ1) is 8.65. The van der Waals surface area contributed by atoms with Gasteiger partial charge in [-0.3, -0.25) is 0 Å². The minimum absolute atomic E-state index is 0. The van der Waals surface area contributed by atoms with Gasteiger partial charge in [0.15, 0.2) is 0 Å². The van der Waals surface area contributed by atoms with Crippen molar-refractivity contribution in [3.63, 3.8) is 0 Å². The Morgan fingerprint density at radius 2 is 2.26 bits per heavy atom. The molecule has 19 heavy (non-hydrogen) atoms. The number of imidazole rings is 1. The molecule has 0 aliphatic carbocycles. The van der Waals surface area contributed by atoms with E-state index in [2.05, 4.69) is 20.9 Å². The molecule has 0 fully saturated rings. The highest BCUT2D eigenvalue weighted by Gasteiger charge is 2.01. The van der Waals surface area contributed by atoms with Crippen molar-refractivity contribution in [3.8, 4) is 0 Å². The van der Waals surface area contributed by atoms with E-state index in [1.165, 1.54) is 0 Å². The first-order valence-corrected chi connectivity index (χ1v) is 6.09. The van der Waals surface area contributed by atoms with E-state index in [0.717, 1.165) is 28.2 Å². The molecule has 0 unspecified atom stereocenters. The molecule has 1 heterocycles. The first-order valence-electron chi connectivity index (χ1n) is 5.30. The number of carbonyl (C=O) groups is 1. The molecule has 6 heteroatoms. The fourth-order valence-corrected chi connectivity index (χ4v) is 2.06. The van der Waals surface area contributed by atoms with Crippen LogP contribution >= 0.6 is 28.3 Å². The summed E-state index contributed by atoms with van der Waals surface area (Å²) in [5.74, 6) is -0.950. The zero-order valence-electron chi connectivity index (χ0n) is 9.86. The number of carboxylic acid groups (broad SMARTS) is 1. The summed E-state index contributed by atoms with van der Waals surface area (Å²) in [5.41, 5.74) is 1.96. The van der Waals surface area contributed by atoms with Gasteiger partial charge in [-0.25, -0.2) is 9.78 Å². The summed E-state index contributed by atoms with van der Waals surface area (Å²) >= 11 is 3.48. The Balaban J connectivity index is 0.00000180. The van der Waals surface area contributed by atoms with Gasteiger partial charge in [-0.1, -0.05) is 28.1 Å². The Kier molecular flexibility index (Phi) is 5.79. The molecule has 0 aliphatic rings. The highest BCUT2D eigenvalue weighted by atomic mass is 79.9. The van der Waals surface area contributed by atoms with E-state index >= 15 is 0 Å². The third-order valence-corrected chi connectivity index (χ3v) is 3.15. The maximum absolute atomic E-state index is 10.4. The molecule has 2 aromatic rings.